The molecule has 2 heterocycles. The molecule has 6 rings (SSSR count). The van der Waals surface area contributed by atoms with E-state index in [1.165, 1.54) is 16.7 Å². The average Bonchev–Trinajstić information content (AvgIpc) is 3.40. The van der Waals surface area contributed by atoms with Gasteiger partial charge < -0.3 is 19.1 Å². The van der Waals surface area contributed by atoms with E-state index in [-0.39, 0.29) is 6.04 Å². The molecule has 38 heavy (non-hydrogen) atoms. The Morgan fingerprint density at radius 1 is 0.842 bits per heavy atom. The number of fused-ring (bicyclic) bond motifs is 1. The van der Waals surface area contributed by atoms with E-state index in [4.69, 9.17) is 19.2 Å². The maximum Gasteiger partial charge on any atom is 0.174 e. The zero-order valence-electron chi connectivity index (χ0n) is 21.8. The normalized spacial score (nSPS) is 19.5. The predicted octanol–water partition coefficient (Wildman–Crippen LogP) is 7.69. The van der Waals surface area contributed by atoms with E-state index in [2.05, 4.69) is 58.8 Å². The van der Waals surface area contributed by atoms with Crippen LogP contribution in [0.2, 0.25) is 0 Å². The van der Waals surface area contributed by atoms with Crippen molar-refractivity contribution in [2.45, 2.75) is 25.3 Å². The van der Waals surface area contributed by atoms with Gasteiger partial charge in [0, 0.05) is 11.0 Å². The van der Waals surface area contributed by atoms with Gasteiger partial charge in [-0.1, -0.05) is 48.2 Å². The summed E-state index contributed by atoms with van der Waals surface area (Å²) in [5.41, 5.74) is 8.31. The van der Waals surface area contributed by atoms with Gasteiger partial charge in [-0.15, -0.1) is 0 Å². The summed E-state index contributed by atoms with van der Waals surface area (Å²) in [4.78, 5) is 7.68. The summed E-state index contributed by atoms with van der Waals surface area (Å²) in [5, 5.41) is 3.21. The van der Waals surface area contributed by atoms with Crippen LogP contribution in [0.5, 0.6) is 17.2 Å². The van der Waals surface area contributed by atoms with E-state index in [1.54, 1.807) is 33.1 Å². The van der Waals surface area contributed by atoms with Crippen molar-refractivity contribution in [1.29, 1.82) is 0 Å². The lowest BCUT2D eigenvalue weighted by molar-refractivity contribution is 0.410. The van der Waals surface area contributed by atoms with Crippen molar-refractivity contribution in [3.8, 4) is 17.2 Å². The quantitative estimate of drug-likeness (QED) is 0.332. The molecule has 0 fully saturated rings. The summed E-state index contributed by atoms with van der Waals surface area (Å²) in [6.45, 7) is 0. The van der Waals surface area contributed by atoms with E-state index < -0.39 is 0 Å². The van der Waals surface area contributed by atoms with Crippen LogP contribution in [0.15, 0.2) is 100 Å². The topological polar surface area (TPSA) is 43.3 Å². The van der Waals surface area contributed by atoms with Crippen LogP contribution in [0.3, 0.4) is 0 Å². The number of nitrogens with zero attached hydrogens (tertiary/aromatic N) is 2. The van der Waals surface area contributed by atoms with Crippen LogP contribution in [0.4, 0.5) is 0 Å². The number of hydrogen-bond acceptors (Lipinski definition) is 6. The lowest BCUT2D eigenvalue weighted by atomic mass is 9.82. The average molecular weight is 523 g/mol. The number of aliphatic imine (C=N–C) groups is 1. The number of benzene rings is 3. The fourth-order valence-electron chi connectivity index (χ4n) is 5.45. The Labute approximate surface area is 228 Å². The molecule has 1 aliphatic carbocycles. The third-order valence-electron chi connectivity index (χ3n) is 7.25. The zero-order valence-corrected chi connectivity index (χ0v) is 22.6. The van der Waals surface area contributed by atoms with E-state index in [1.807, 2.05) is 30.3 Å². The largest absolute Gasteiger partial charge is 0.497 e. The van der Waals surface area contributed by atoms with Gasteiger partial charge in [0.15, 0.2) is 5.17 Å². The molecule has 0 aromatic heterocycles. The van der Waals surface area contributed by atoms with E-state index in [0.717, 1.165) is 64.2 Å². The van der Waals surface area contributed by atoms with Crippen molar-refractivity contribution in [3.05, 3.63) is 112 Å². The molecule has 0 bridgehead atoms. The summed E-state index contributed by atoms with van der Waals surface area (Å²) in [6, 6.07) is 24.9. The summed E-state index contributed by atoms with van der Waals surface area (Å²) < 4.78 is 16.6. The molecule has 2 aliphatic heterocycles. The first kappa shape index (κ1) is 24.4. The standard InChI is InChI=1S/C32H30N2O3S/c1-35-25-12-4-8-21(17-25)16-23-10-7-15-28-30(23)33-32-34(31(28)24-11-6-14-27(19-24)37-3)29(20-38-32)22-9-5-13-26(18-22)36-2/h4-6,8-9,11-14,16-20,31H,7,10,15H2,1-3H3/b23-16+/t31-/m1/s1. The lowest BCUT2D eigenvalue weighted by Crippen LogP contribution is -2.34. The first-order chi connectivity index (χ1) is 18.7. The van der Waals surface area contributed by atoms with Crippen molar-refractivity contribution >= 4 is 28.7 Å². The van der Waals surface area contributed by atoms with Gasteiger partial charge in [0.25, 0.3) is 0 Å². The van der Waals surface area contributed by atoms with Crippen LogP contribution in [0.1, 0.15) is 42.0 Å². The number of amidine groups is 1. The second-order valence-electron chi connectivity index (χ2n) is 9.47. The van der Waals surface area contributed by atoms with E-state index >= 15 is 0 Å². The van der Waals surface area contributed by atoms with Crippen LogP contribution < -0.4 is 14.2 Å². The molecule has 0 saturated carbocycles. The van der Waals surface area contributed by atoms with Gasteiger partial charge in [0.1, 0.15) is 17.2 Å². The minimum absolute atomic E-state index is 0.0223. The SMILES string of the molecule is COc1cccc(/C=C2\CCCC3=C2N=C2SC=C(c4cccc(OC)c4)N2[C@@H]3c2cccc(OC)c2)c1. The molecule has 6 heteroatoms. The third kappa shape index (κ3) is 4.50. The van der Waals surface area contributed by atoms with Gasteiger partial charge in [-0.05, 0) is 84.0 Å². The Kier molecular flexibility index (Phi) is 6.73. The maximum absolute atomic E-state index is 5.63. The van der Waals surface area contributed by atoms with Crippen molar-refractivity contribution in [3.63, 3.8) is 0 Å². The minimum Gasteiger partial charge on any atom is -0.497 e. The molecule has 192 valence electrons. The number of thioether (sulfide) groups is 1. The van der Waals surface area contributed by atoms with Gasteiger partial charge in [0.2, 0.25) is 0 Å². The molecular formula is C32H30N2O3S. The summed E-state index contributed by atoms with van der Waals surface area (Å²) in [7, 11) is 5.14. The van der Waals surface area contributed by atoms with E-state index in [9.17, 15) is 0 Å². The highest BCUT2D eigenvalue weighted by atomic mass is 32.2. The summed E-state index contributed by atoms with van der Waals surface area (Å²) >= 11 is 1.68. The van der Waals surface area contributed by atoms with Crippen LogP contribution in [0, 0.1) is 0 Å². The minimum atomic E-state index is 0.0223. The number of allylic oxidation sites excluding steroid dienone is 1. The molecule has 5 nitrogen and oxygen atoms in total. The first-order valence-electron chi connectivity index (χ1n) is 12.8. The van der Waals surface area contributed by atoms with Crippen LogP contribution in [0.25, 0.3) is 11.8 Å². The number of rotatable bonds is 6. The molecule has 3 aliphatic rings. The Hall–Kier alpha value is -3.90. The van der Waals surface area contributed by atoms with Gasteiger partial charge in [0.05, 0.1) is 38.8 Å². The molecule has 0 amide bonds. The summed E-state index contributed by atoms with van der Waals surface area (Å²) in [5.74, 6) is 2.56. The first-order valence-corrected chi connectivity index (χ1v) is 13.7. The van der Waals surface area contributed by atoms with Crippen LogP contribution in [-0.2, 0) is 0 Å². The molecular weight excluding hydrogens is 492 g/mol. The molecule has 0 unspecified atom stereocenters. The molecule has 0 saturated heterocycles. The Morgan fingerprint density at radius 3 is 2.34 bits per heavy atom. The fourth-order valence-corrected chi connectivity index (χ4v) is 6.38. The van der Waals surface area contributed by atoms with Gasteiger partial charge in [-0.25, -0.2) is 4.99 Å². The zero-order chi connectivity index (χ0) is 26.1. The van der Waals surface area contributed by atoms with Gasteiger partial charge in [-0.2, -0.15) is 0 Å². The highest BCUT2D eigenvalue weighted by Crippen LogP contribution is 2.51. The fraction of sp³-hybridized carbons (Fsp3) is 0.219. The second-order valence-corrected chi connectivity index (χ2v) is 10.3. The van der Waals surface area contributed by atoms with E-state index in [0.29, 0.717) is 0 Å². The Bertz CT molecular complexity index is 1500. The Balaban J connectivity index is 1.49. The van der Waals surface area contributed by atoms with Crippen molar-refractivity contribution < 1.29 is 14.2 Å². The molecule has 1 atom stereocenters. The maximum atomic E-state index is 5.63. The number of hydrogen-bond donors (Lipinski definition) is 0. The highest BCUT2D eigenvalue weighted by molar-refractivity contribution is 8.16. The smallest absolute Gasteiger partial charge is 0.174 e. The number of ether oxygens (including phenoxy) is 3. The number of methoxy groups -OCH3 is 3. The summed E-state index contributed by atoms with van der Waals surface area (Å²) in [6.07, 6.45) is 5.35. The Morgan fingerprint density at radius 2 is 1.55 bits per heavy atom. The molecule has 0 spiro atoms. The van der Waals surface area contributed by atoms with Crippen molar-refractivity contribution in [1.82, 2.24) is 4.90 Å². The molecule has 0 radical (unpaired) electrons. The third-order valence-corrected chi connectivity index (χ3v) is 8.09. The predicted molar refractivity (Wildman–Crippen MR) is 155 cm³/mol. The van der Waals surface area contributed by atoms with Crippen LogP contribution >= 0.6 is 11.8 Å². The van der Waals surface area contributed by atoms with Crippen LogP contribution in [-0.4, -0.2) is 31.4 Å². The van der Waals surface area contributed by atoms with Gasteiger partial charge >= 0.3 is 0 Å². The molecule has 3 aromatic rings. The van der Waals surface area contributed by atoms with Gasteiger partial charge in [-0.3, -0.25) is 0 Å². The highest BCUT2D eigenvalue weighted by Gasteiger charge is 2.40. The monoisotopic (exact) mass is 522 g/mol. The second kappa shape index (κ2) is 10.5. The molecule has 0 N–H and O–H groups in total. The van der Waals surface area contributed by atoms with Crippen molar-refractivity contribution in [2.75, 3.05) is 21.3 Å². The van der Waals surface area contributed by atoms with Crippen molar-refractivity contribution in [2.24, 2.45) is 4.99 Å². The lowest BCUT2D eigenvalue weighted by Gasteiger charge is -2.40. The molecule has 3 aromatic carbocycles.